The van der Waals surface area contributed by atoms with Crippen LogP contribution in [0.2, 0.25) is 0 Å². The minimum atomic E-state index is -0.867. The Morgan fingerprint density at radius 1 is 1.21 bits per heavy atom. The molecule has 0 amide bonds. The fourth-order valence-electron chi connectivity index (χ4n) is 3.71. The molecule has 0 saturated carbocycles. The van der Waals surface area contributed by atoms with Crippen molar-refractivity contribution in [3.63, 3.8) is 0 Å². The lowest BCUT2D eigenvalue weighted by atomic mass is 10.0. The molecule has 4 unspecified atom stereocenters. The van der Waals surface area contributed by atoms with Gasteiger partial charge in [0.25, 0.3) is 0 Å². The van der Waals surface area contributed by atoms with Crippen LogP contribution in [0.3, 0.4) is 0 Å². The molecule has 3 N–H and O–H groups in total. The summed E-state index contributed by atoms with van der Waals surface area (Å²) in [4.78, 5) is 4.04. The molecule has 0 aliphatic carbocycles. The van der Waals surface area contributed by atoms with Crippen LogP contribution in [0, 0.1) is 23.5 Å². The van der Waals surface area contributed by atoms with Crippen LogP contribution in [0.15, 0.2) is 48.8 Å². The van der Waals surface area contributed by atoms with E-state index in [9.17, 15) is 24.1 Å². The minimum Gasteiger partial charge on any atom is -0.485 e. The summed E-state index contributed by atoms with van der Waals surface area (Å²) in [5.41, 5.74) is 0.218. The van der Waals surface area contributed by atoms with Gasteiger partial charge in [-0.15, -0.1) is 0 Å². The molecule has 1 fully saturated rings. The standard InChI is InChI=1S/C25H24F2N2O5/c1-15(31)25-28-8-9-29(25)18(12-30)5-2-16-10-20(26)24(21(27)11-16)17-3-6-19(7-4-17)34-23-14-33-13-22(23)32/h3-4,6-11,15,18,22-23,30-32H,12-14H2,1H3. The van der Waals surface area contributed by atoms with Crippen LogP contribution in [0.25, 0.3) is 11.1 Å². The zero-order chi connectivity index (χ0) is 24.2. The third-order valence-corrected chi connectivity index (χ3v) is 5.44. The fraction of sp³-hybridized carbons (Fsp3) is 0.320. The van der Waals surface area contributed by atoms with Crippen LogP contribution in [0.4, 0.5) is 8.78 Å². The summed E-state index contributed by atoms with van der Waals surface area (Å²) in [6.45, 7) is 1.64. The lowest BCUT2D eigenvalue weighted by Crippen LogP contribution is -2.29. The zero-order valence-electron chi connectivity index (χ0n) is 18.4. The second-order valence-corrected chi connectivity index (χ2v) is 7.94. The molecule has 4 rings (SSSR count). The molecule has 1 aromatic heterocycles. The van der Waals surface area contributed by atoms with Crippen molar-refractivity contribution in [2.24, 2.45) is 0 Å². The van der Waals surface area contributed by atoms with Gasteiger partial charge in [-0.2, -0.15) is 0 Å². The van der Waals surface area contributed by atoms with Crippen molar-refractivity contribution in [1.82, 2.24) is 9.55 Å². The van der Waals surface area contributed by atoms with Crippen molar-refractivity contribution in [3.8, 4) is 28.7 Å². The third kappa shape index (κ3) is 5.11. The van der Waals surface area contributed by atoms with Crippen molar-refractivity contribution in [2.75, 3.05) is 19.8 Å². The van der Waals surface area contributed by atoms with Gasteiger partial charge in [0, 0.05) is 18.0 Å². The van der Waals surface area contributed by atoms with Crippen LogP contribution in [0.5, 0.6) is 5.75 Å². The van der Waals surface area contributed by atoms with Crippen LogP contribution >= 0.6 is 0 Å². The first-order valence-corrected chi connectivity index (χ1v) is 10.7. The Balaban J connectivity index is 1.54. The molecular formula is C25H24F2N2O5. The van der Waals surface area contributed by atoms with E-state index in [-0.39, 0.29) is 30.9 Å². The molecule has 4 atom stereocenters. The van der Waals surface area contributed by atoms with Gasteiger partial charge in [-0.05, 0) is 36.8 Å². The molecule has 0 bridgehead atoms. The van der Waals surface area contributed by atoms with E-state index in [2.05, 4.69) is 16.8 Å². The highest BCUT2D eigenvalue weighted by Crippen LogP contribution is 2.29. The average Bonchev–Trinajstić information content (AvgIpc) is 3.45. The molecule has 1 saturated heterocycles. The van der Waals surface area contributed by atoms with E-state index in [1.54, 1.807) is 18.3 Å². The van der Waals surface area contributed by atoms with E-state index >= 15 is 0 Å². The summed E-state index contributed by atoms with van der Waals surface area (Å²) in [5, 5.41) is 29.3. The number of nitrogens with zero attached hydrogens (tertiary/aromatic N) is 2. The first-order chi connectivity index (χ1) is 16.4. The maximum Gasteiger partial charge on any atom is 0.150 e. The molecule has 178 valence electrons. The highest BCUT2D eigenvalue weighted by Gasteiger charge is 2.28. The van der Waals surface area contributed by atoms with Gasteiger partial charge < -0.3 is 29.4 Å². The molecule has 9 heteroatoms. The van der Waals surface area contributed by atoms with E-state index in [0.29, 0.717) is 17.1 Å². The predicted octanol–water partition coefficient (Wildman–Crippen LogP) is 2.61. The number of halogens is 2. The van der Waals surface area contributed by atoms with E-state index in [1.165, 1.54) is 29.8 Å². The monoisotopic (exact) mass is 470 g/mol. The second-order valence-electron chi connectivity index (χ2n) is 7.94. The van der Waals surface area contributed by atoms with Gasteiger partial charge in [0.05, 0.1) is 25.4 Å². The number of benzene rings is 2. The largest absolute Gasteiger partial charge is 0.485 e. The molecule has 0 spiro atoms. The van der Waals surface area contributed by atoms with E-state index < -0.39 is 36.0 Å². The van der Waals surface area contributed by atoms with E-state index in [0.717, 1.165) is 12.1 Å². The van der Waals surface area contributed by atoms with E-state index in [4.69, 9.17) is 9.47 Å². The summed E-state index contributed by atoms with van der Waals surface area (Å²) in [7, 11) is 0. The van der Waals surface area contributed by atoms with Crippen LogP contribution in [-0.2, 0) is 4.74 Å². The number of rotatable bonds is 6. The maximum absolute atomic E-state index is 14.8. The summed E-state index contributed by atoms with van der Waals surface area (Å²) in [5.74, 6) is 4.66. The molecule has 0 radical (unpaired) electrons. The lowest BCUT2D eigenvalue weighted by Gasteiger charge is -2.15. The number of imidazole rings is 1. The molecule has 2 aromatic carbocycles. The zero-order valence-corrected chi connectivity index (χ0v) is 18.4. The number of hydrogen-bond acceptors (Lipinski definition) is 6. The van der Waals surface area contributed by atoms with Crippen molar-refractivity contribution in [3.05, 3.63) is 71.8 Å². The Morgan fingerprint density at radius 2 is 1.91 bits per heavy atom. The highest BCUT2D eigenvalue weighted by molar-refractivity contribution is 5.66. The van der Waals surface area contributed by atoms with Gasteiger partial charge in [0.2, 0.25) is 0 Å². The number of hydrogen-bond donors (Lipinski definition) is 3. The molecule has 1 aliphatic rings. The number of aliphatic hydroxyl groups is 3. The van der Waals surface area contributed by atoms with Crippen LogP contribution in [-0.4, -0.2) is 56.9 Å². The second kappa shape index (κ2) is 10.3. The van der Waals surface area contributed by atoms with E-state index in [1.807, 2.05) is 0 Å². The third-order valence-electron chi connectivity index (χ3n) is 5.44. The Kier molecular flexibility index (Phi) is 7.24. The topological polar surface area (TPSA) is 97.0 Å². The smallest absolute Gasteiger partial charge is 0.150 e. The molecule has 1 aliphatic heterocycles. The lowest BCUT2D eigenvalue weighted by molar-refractivity contribution is 0.0733. The number of aromatic nitrogens is 2. The van der Waals surface area contributed by atoms with Crippen molar-refractivity contribution < 1.29 is 33.6 Å². The molecule has 34 heavy (non-hydrogen) atoms. The summed E-state index contributed by atoms with van der Waals surface area (Å²) in [6, 6.07) is 7.72. The van der Waals surface area contributed by atoms with Gasteiger partial charge >= 0.3 is 0 Å². The van der Waals surface area contributed by atoms with Crippen molar-refractivity contribution in [2.45, 2.75) is 31.3 Å². The van der Waals surface area contributed by atoms with Gasteiger partial charge in [-0.25, -0.2) is 13.8 Å². The predicted molar refractivity (Wildman–Crippen MR) is 119 cm³/mol. The summed E-state index contributed by atoms with van der Waals surface area (Å²) in [6.07, 6.45) is 0.962. The number of ether oxygens (including phenoxy) is 2. The van der Waals surface area contributed by atoms with Crippen LogP contribution < -0.4 is 4.74 Å². The first kappa shape index (κ1) is 23.9. The summed E-state index contributed by atoms with van der Waals surface area (Å²) < 4.78 is 42.0. The first-order valence-electron chi connectivity index (χ1n) is 10.7. The fourth-order valence-corrected chi connectivity index (χ4v) is 3.71. The molecule has 7 nitrogen and oxygen atoms in total. The van der Waals surface area contributed by atoms with Gasteiger partial charge in [0.1, 0.15) is 47.6 Å². The van der Waals surface area contributed by atoms with Gasteiger partial charge in [0.15, 0.2) is 0 Å². The normalized spacial score (nSPS) is 19.4. The highest BCUT2D eigenvalue weighted by atomic mass is 19.1. The number of aliphatic hydroxyl groups excluding tert-OH is 3. The average molecular weight is 470 g/mol. The van der Waals surface area contributed by atoms with Crippen LogP contribution in [0.1, 0.15) is 30.5 Å². The maximum atomic E-state index is 14.8. The SMILES string of the molecule is CC(O)c1nccn1C(C#Cc1cc(F)c(-c2ccc(OC3COCC3O)cc2)c(F)c1)CO. The van der Waals surface area contributed by atoms with Gasteiger partial charge in [-0.1, -0.05) is 24.0 Å². The molecule has 2 heterocycles. The Bertz CT molecular complexity index is 1180. The minimum absolute atomic E-state index is 0.103. The Morgan fingerprint density at radius 3 is 2.50 bits per heavy atom. The Labute approximate surface area is 195 Å². The quantitative estimate of drug-likeness (QED) is 0.480. The molecular weight excluding hydrogens is 446 g/mol. The van der Waals surface area contributed by atoms with Crippen molar-refractivity contribution in [1.29, 1.82) is 0 Å². The Hall–Kier alpha value is -3.29. The summed E-state index contributed by atoms with van der Waals surface area (Å²) >= 11 is 0. The van der Waals surface area contributed by atoms with Gasteiger partial charge in [-0.3, -0.25) is 0 Å². The van der Waals surface area contributed by atoms with Crippen molar-refractivity contribution >= 4 is 0 Å². The molecule has 3 aromatic rings.